The molecule has 160 valence electrons. The lowest BCUT2D eigenvalue weighted by Crippen LogP contribution is -2.29. The van der Waals surface area contributed by atoms with E-state index in [1.54, 1.807) is 12.1 Å². The molecule has 11 heteroatoms. The Balaban J connectivity index is 1.95. The fourth-order valence-electron chi connectivity index (χ4n) is 2.54. The lowest BCUT2D eigenvalue weighted by atomic mass is 10.2. The van der Waals surface area contributed by atoms with Gasteiger partial charge in [-0.15, -0.1) is 0 Å². The highest BCUT2D eigenvalue weighted by atomic mass is 19.4. The summed E-state index contributed by atoms with van der Waals surface area (Å²) in [5.74, 6) is 0.542. The summed E-state index contributed by atoms with van der Waals surface area (Å²) in [5.41, 5.74) is -0.267. The van der Waals surface area contributed by atoms with Crippen LogP contribution in [0.25, 0.3) is 0 Å². The lowest BCUT2D eigenvalue weighted by Gasteiger charge is -2.10. The number of amides is 2. The van der Waals surface area contributed by atoms with Gasteiger partial charge < -0.3 is 21.1 Å². The number of nitrogens with zero attached hydrogens (tertiary/aromatic N) is 3. The largest absolute Gasteiger partial charge is 0.435 e. The number of hydrogen-bond donors (Lipinski definition) is 4. The van der Waals surface area contributed by atoms with E-state index in [1.165, 1.54) is 10.9 Å². The third-order valence-electron chi connectivity index (χ3n) is 4.00. The number of unbranched alkanes of at least 4 members (excludes halogenated alkanes) is 2. The first kappa shape index (κ1) is 22.5. The number of alkyl halides is 3. The number of carbonyl (C=O) groups is 1. The van der Waals surface area contributed by atoms with Crippen LogP contribution in [0, 0.1) is 0 Å². The quantitative estimate of drug-likeness (QED) is 0.447. The SMILES string of the molecule is CCCCCn1nc(C(F)(F)F)cc1CNC(=O)Nc1ccc(NCCO)nc1. The summed E-state index contributed by atoms with van der Waals surface area (Å²) in [5, 5.41) is 20.4. The maximum absolute atomic E-state index is 13.0. The van der Waals surface area contributed by atoms with Gasteiger partial charge in [-0.2, -0.15) is 18.3 Å². The summed E-state index contributed by atoms with van der Waals surface area (Å²) < 4.78 is 40.2. The standard InChI is InChI=1S/C18H25F3N6O2/c1-2-3-4-8-27-14(10-15(26-27)18(19,20)21)12-24-17(29)25-13-5-6-16(23-11-13)22-7-9-28/h5-6,10-11,28H,2-4,7-9,12H2,1H3,(H,22,23)(H2,24,25,29). The molecule has 0 aliphatic carbocycles. The third-order valence-corrected chi connectivity index (χ3v) is 4.00. The zero-order valence-corrected chi connectivity index (χ0v) is 16.1. The van der Waals surface area contributed by atoms with Gasteiger partial charge in [0.15, 0.2) is 5.69 Å². The Hall–Kier alpha value is -2.82. The van der Waals surface area contributed by atoms with E-state index in [4.69, 9.17) is 5.11 Å². The Morgan fingerprint density at radius 1 is 1.28 bits per heavy atom. The second kappa shape index (κ2) is 10.6. The molecule has 29 heavy (non-hydrogen) atoms. The molecule has 0 spiro atoms. The van der Waals surface area contributed by atoms with Crippen LogP contribution < -0.4 is 16.0 Å². The zero-order valence-electron chi connectivity index (χ0n) is 16.1. The molecule has 0 saturated heterocycles. The summed E-state index contributed by atoms with van der Waals surface area (Å²) in [4.78, 5) is 16.1. The number of hydrogen-bond acceptors (Lipinski definition) is 5. The molecule has 2 heterocycles. The average Bonchev–Trinajstić information content (AvgIpc) is 3.10. The minimum atomic E-state index is -4.54. The number of nitrogens with one attached hydrogen (secondary N) is 3. The number of halogens is 3. The van der Waals surface area contributed by atoms with Crippen molar-refractivity contribution in [2.75, 3.05) is 23.8 Å². The highest BCUT2D eigenvalue weighted by molar-refractivity contribution is 5.89. The molecular weight excluding hydrogens is 389 g/mol. The normalized spacial score (nSPS) is 11.3. The van der Waals surface area contributed by atoms with E-state index >= 15 is 0 Å². The maximum Gasteiger partial charge on any atom is 0.435 e. The van der Waals surface area contributed by atoms with Crippen LogP contribution in [-0.4, -0.2) is 39.1 Å². The summed E-state index contributed by atoms with van der Waals surface area (Å²) in [7, 11) is 0. The molecule has 2 aromatic heterocycles. The monoisotopic (exact) mass is 414 g/mol. The first-order chi connectivity index (χ1) is 13.8. The topological polar surface area (TPSA) is 104 Å². The predicted octanol–water partition coefficient (Wildman–Crippen LogP) is 3.21. The number of aryl methyl sites for hydroxylation is 1. The molecule has 2 amide bonds. The highest BCUT2D eigenvalue weighted by Gasteiger charge is 2.34. The molecule has 0 aliphatic rings. The Kier molecular flexibility index (Phi) is 8.25. The van der Waals surface area contributed by atoms with Crippen molar-refractivity contribution in [3.05, 3.63) is 35.8 Å². The summed E-state index contributed by atoms with van der Waals surface area (Å²) in [6.07, 6.45) is -0.589. The molecule has 0 atom stereocenters. The molecule has 8 nitrogen and oxygen atoms in total. The lowest BCUT2D eigenvalue weighted by molar-refractivity contribution is -0.141. The number of aliphatic hydroxyl groups is 1. The molecule has 2 rings (SSSR count). The minimum Gasteiger partial charge on any atom is -0.395 e. The zero-order chi connectivity index (χ0) is 21.3. The molecule has 0 unspecified atom stereocenters. The number of anilines is 2. The number of pyridine rings is 1. The maximum atomic E-state index is 13.0. The number of aliphatic hydroxyl groups excluding tert-OH is 1. The van der Waals surface area contributed by atoms with Gasteiger partial charge >= 0.3 is 12.2 Å². The molecular formula is C18H25F3N6O2. The van der Waals surface area contributed by atoms with E-state index in [9.17, 15) is 18.0 Å². The second-order valence-corrected chi connectivity index (χ2v) is 6.34. The molecule has 0 aromatic carbocycles. The Bertz CT molecular complexity index is 777. The first-order valence-electron chi connectivity index (χ1n) is 9.33. The van der Waals surface area contributed by atoms with Gasteiger partial charge in [0, 0.05) is 13.1 Å². The van der Waals surface area contributed by atoms with E-state index in [-0.39, 0.29) is 18.8 Å². The van der Waals surface area contributed by atoms with Crippen molar-refractivity contribution >= 4 is 17.5 Å². The van der Waals surface area contributed by atoms with Crippen molar-refractivity contribution in [3.8, 4) is 0 Å². The fraction of sp³-hybridized carbons (Fsp3) is 0.500. The van der Waals surface area contributed by atoms with Crippen LogP contribution in [0.5, 0.6) is 0 Å². The minimum absolute atomic E-state index is 0.0326. The van der Waals surface area contributed by atoms with Gasteiger partial charge in [-0.1, -0.05) is 19.8 Å². The van der Waals surface area contributed by atoms with Crippen LogP contribution in [-0.2, 0) is 19.3 Å². The Labute approximate surface area is 166 Å². The molecule has 0 fully saturated rings. The van der Waals surface area contributed by atoms with Crippen LogP contribution in [0.4, 0.5) is 29.5 Å². The van der Waals surface area contributed by atoms with E-state index < -0.39 is 17.9 Å². The third kappa shape index (κ3) is 7.26. The van der Waals surface area contributed by atoms with E-state index in [2.05, 4.69) is 26.0 Å². The fourth-order valence-corrected chi connectivity index (χ4v) is 2.54. The smallest absolute Gasteiger partial charge is 0.395 e. The van der Waals surface area contributed by atoms with Gasteiger partial charge in [-0.3, -0.25) is 4.68 Å². The molecule has 0 aliphatic heterocycles. The van der Waals surface area contributed by atoms with Gasteiger partial charge in [0.1, 0.15) is 5.82 Å². The second-order valence-electron chi connectivity index (χ2n) is 6.34. The van der Waals surface area contributed by atoms with Gasteiger partial charge in [-0.05, 0) is 24.6 Å². The number of urea groups is 1. The van der Waals surface area contributed by atoms with Gasteiger partial charge in [0.2, 0.25) is 0 Å². The van der Waals surface area contributed by atoms with Crippen molar-refractivity contribution in [2.45, 2.75) is 45.5 Å². The van der Waals surface area contributed by atoms with E-state index in [0.717, 1.165) is 18.9 Å². The Morgan fingerprint density at radius 2 is 2.07 bits per heavy atom. The van der Waals surface area contributed by atoms with E-state index in [1.807, 2.05) is 6.92 Å². The van der Waals surface area contributed by atoms with Crippen LogP contribution in [0.15, 0.2) is 24.4 Å². The summed E-state index contributed by atoms with van der Waals surface area (Å²) >= 11 is 0. The highest BCUT2D eigenvalue weighted by Crippen LogP contribution is 2.28. The number of aromatic nitrogens is 3. The summed E-state index contributed by atoms with van der Waals surface area (Å²) in [6, 6.07) is 3.63. The van der Waals surface area contributed by atoms with Crippen LogP contribution in [0.3, 0.4) is 0 Å². The van der Waals surface area contributed by atoms with Crippen molar-refractivity contribution in [1.82, 2.24) is 20.1 Å². The van der Waals surface area contributed by atoms with Crippen molar-refractivity contribution < 1.29 is 23.1 Å². The first-order valence-corrected chi connectivity index (χ1v) is 9.33. The van der Waals surface area contributed by atoms with Crippen molar-refractivity contribution in [2.24, 2.45) is 0 Å². The van der Waals surface area contributed by atoms with Crippen molar-refractivity contribution in [1.29, 1.82) is 0 Å². The average molecular weight is 414 g/mol. The van der Waals surface area contributed by atoms with Crippen LogP contribution >= 0.6 is 0 Å². The van der Waals surface area contributed by atoms with Gasteiger partial charge in [0.05, 0.1) is 30.7 Å². The van der Waals surface area contributed by atoms with Crippen LogP contribution in [0.2, 0.25) is 0 Å². The molecule has 0 bridgehead atoms. The molecule has 0 radical (unpaired) electrons. The molecule has 4 N–H and O–H groups in total. The number of rotatable bonds is 10. The van der Waals surface area contributed by atoms with Crippen molar-refractivity contribution in [3.63, 3.8) is 0 Å². The Morgan fingerprint density at radius 3 is 2.69 bits per heavy atom. The molecule has 2 aromatic rings. The van der Waals surface area contributed by atoms with Gasteiger partial charge in [0.25, 0.3) is 0 Å². The van der Waals surface area contributed by atoms with Gasteiger partial charge in [-0.25, -0.2) is 9.78 Å². The van der Waals surface area contributed by atoms with Crippen LogP contribution in [0.1, 0.15) is 37.6 Å². The molecule has 0 saturated carbocycles. The van der Waals surface area contributed by atoms with E-state index in [0.29, 0.717) is 31.0 Å². The summed E-state index contributed by atoms with van der Waals surface area (Å²) in [6.45, 7) is 2.59. The number of carbonyl (C=O) groups excluding carboxylic acids is 1. The predicted molar refractivity (Wildman–Crippen MR) is 102 cm³/mol.